The summed E-state index contributed by atoms with van der Waals surface area (Å²) in [7, 11) is 1.84. The van der Waals surface area contributed by atoms with Crippen LogP contribution in [0.25, 0.3) is 10.2 Å². The number of carbonyl (C=O) groups is 1. The van der Waals surface area contributed by atoms with Gasteiger partial charge in [-0.2, -0.15) is 4.99 Å². The Morgan fingerprint density at radius 3 is 2.62 bits per heavy atom. The van der Waals surface area contributed by atoms with Crippen molar-refractivity contribution in [2.75, 3.05) is 6.61 Å². The highest BCUT2D eigenvalue weighted by Gasteiger charge is 2.08. The van der Waals surface area contributed by atoms with Crippen LogP contribution in [0.2, 0.25) is 15.1 Å². The molecule has 0 aliphatic carbocycles. The van der Waals surface area contributed by atoms with Crippen molar-refractivity contribution in [2.45, 2.75) is 0 Å². The number of hydrogen-bond acceptors (Lipinski definition) is 3. The smallest absolute Gasteiger partial charge is 0.286 e. The van der Waals surface area contributed by atoms with E-state index < -0.39 is 5.91 Å². The van der Waals surface area contributed by atoms with Gasteiger partial charge in [-0.3, -0.25) is 4.79 Å². The molecule has 0 spiro atoms. The van der Waals surface area contributed by atoms with Gasteiger partial charge in [-0.1, -0.05) is 46.1 Å². The number of carbonyl (C=O) groups excluding carboxylic acids is 1. The highest BCUT2D eigenvalue weighted by Crippen LogP contribution is 2.27. The number of thiazole rings is 1. The summed E-state index contributed by atoms with van der Waals surface area (Å²) in [4.78, 5) is 16.7. The van der Waals surface area contributed by atoms with Crippen molar-refractivity contribution in [2.24, 2.45) is 12.0 Å². The van der Waals surface area contributed by atoms with Gasteiger partial charge in [-0.05, 0) is 36.4 Å². The number of aryl methyl sites for hydroxylation is 1. The molecule has 0 atom stereocenters. The molecule has 0 aliphatic heterocycles. The lowest BCUT2D eigenvalue weighted by molar-refractivity contribution is -0.120. The van der Waals surface area contributed by atoms with Crippen molar-refractivity contribution in [3.05, 3.63) is 56.3 Å². The topological polar surface area (TPSA) is 43.6 Å². The standard InChI is InChI=1S/C16H11Cl3N2O2S/c1-21-12-4-2-10(18)7-14(12)24-16(21)20-15(22)8-23-13-5-3-9(17)6-11(13)19/h2-7H,8H2,1H3. The van der Waals surface area contributed by atoms with Crippen LogP contribution in [0.15, 0.2) is 41.4 Å². The third kappa shape index (κ3) is 3.75. The van der Waals surface area contributed by atoms with E-state index in [-0.39, 0.29) is 6.61 Å². The number of fused-ring (bicyclic) bond motifs is 1. The van der Waals surface area contributed by atoms with E-state index >= 15 is 0 Å². The largest absolute Gasteiger partial charge is 0.482 e. The number of halogens is 3. The Labute approximate surface area is 156 Å². The zero-order valence-corrected chi connectivity index (χ0v) is 15.5. The lowest BCUT2D eigenvalue weighted by atomic mass is 10.3. The molecule has 24 heavy (non-hydrogen) atoms. The molecule has 3 rings (SSSR count). The van der Waals surface area contributed by atoms with Gasteiger partial charge in [0.2, 0.25) is 0 Å². The van der Waals surface area contributed by atoms with E-state index in [4.69, 9.17) is 39.5 Å². The van der Waals surface area contributed by atoms with Gasteiger partial charge in [0.15, 0.2) is 11.4 Å². The lowest BCUT2D eigenvalue weighted by Crippen LogP contribution is -2.17. The number of rotatable bonds is 3. The number of hydrogen-bond donors (Lipinski definition) is 0. The normalized spacial score (nSPS) is 11.9. The van der Waals surface area contributed by atoms with Crippen LogP contribution in [0.1, 0.15) is 0 Å². The Balaban J connectivity index is 1.81. The van der Waals surface area contributed by atoms with Gasteiger partial charge >= 0.3 is 0 Å². The molecule has 4 nitrogen and oxygen atoms in total. The molecule has 1 amide bonds. The maximum absolute atomic E-state index is 12.1. The van der Waals surface area contributed by atoms with Gasteiger partial charge in [0.25, 0.3) is 5.91 Å². The SMILES string of the molecule is Cn1c(=NC(=O)COc2ccc(Cl)cc2Cl)sc2cc(Cl)ccc21. The second-order valence-corrected chi connectivity index (χ2v) is 7.21. The number of amides is 1. The zero-order chi connectivity index (χ0) is 17.3. The monoisotopic (exact) mass is 400 g/mol. The van der Waals surface area contributed by atoms with Crippen molar-refractivity contribution >= 4 is 62.3 Å². The van der Waals surface area contributed by atoms with Crippen molar-refractivity contribution < 1.29 is 9.53 Å². The molecule has 3 aromatic rings. The second kappa shape index (κ2) is 7.15. The maximum atomic E-state index is 12.1. The lowest BCUT2D eigenvalue weighted by Gasteiger charge is -2.05. The van der Waals surface area contributed by atoms with Crippen LogP contribution < -0.4 is 9.54 Å². The van der Waals surface area contributed by atoms with Gasteiger partial charge in [0.1, 0.15) is 5.75 Å². The molecule has 0 saturated carbocycles. The first-order chi connectivity index (χ1) is 11.4. The molecular weight excluding hydrogens is 391 g/mol. The Morgan fingerprint density at radius 2 is 1.88 bits per heavy atom. The fourth-order valence-corrected chi connectivity index (χ4v) is 3.86. The summed E-state index contributed by atoms with van der Waals surface area (Å²) in [5, 5.41) is 1.49. The molecule has 0 bridgehead atoms. The molecule has 0 N–H and O–H groups in total. The van der Waals surface area contributed by atoms with Crippen molar-refractivity contribution in [3.8, 4) is 5.75 Å². The zero-order valence-electron chi connectivity index (χ0n) is 12.4. The Hall–Kier alpha value is -1.53. The van der Waals surface area contributed by atoms with E-state index in [0.29, 0.717) is 25.6 Å². The summed E-state index contributed by atoms with van der Waals surface area (Å²) in [6.45, 7) is -0.212. The first-order valence-electron chi connectivity index (χ1n) is 6.84. The summed E-state index contributed by atoms with van der Waals surface area (Å²) >= 11 is 19.2. The average Bonchev–Trinajstić information content (AvgIpc) is 2.82. The van der Waals surface area contributed by atoms with Crippen molar-refractivity contribution in [3.63, 3.8) is 0 Å². The minimum Gasteiger partial charge on any atom is -0.482 e. The number of aromatic nitrogens is 1. The van der Waals surface area contributed by atoms with Crippen LogP contribution in [0.3, 0.4) is 0 Å². The van der Waals surface area contributed by atoms with Crippen LogP contribution in [-0.4, -0.2) is 17.1 Å². The summed E-state index contributed by atoms with van der Waals surface area (Å²) in [6, 6.07) is 10.3. The van der Waals surface area contributed by atoms with Gasteiger partial charge in [0.05, 0.1) is 15.2 Å². The third-order valence-electron chi connectivity index (χ3n) is 3.24. The van der Waals surface area contributed by atoms with Gasteiger partial charge in [0, 0.05) is 17.1 Å². The number of ether oxygens (including phenoxy) is 1. The first-order valence-corrected chi connectivity index (χ1v) is 8.79. The molecule has 0 radical (unpaired) electrons. The van der Waals surface area contributed by atoms with Crippen LogP contribution in [0.4, 0.5) is 0 Å². The fourth-order valence-electron chi connectivity index (χ4n) is 2.09. The third-order valence-corrected chi connectivity index (χ3v) is 5.10. The minimum absolute atomic E-state index is 0.212. The molecule has 1 heterocycles. The van der Waals surface area contributed by atoms with Crippen LogP contribution >= 0.6 is 46.1 Å². The molecule has 0 fully saturated rings. The first kappa shape index (κ1) is 17.3. The predicted octanol–water partition coefficient (Wildman–Crippen LogP) is 4.71. The highest BCUT2D eigenvalue weighted by atomic mass is 35.5. The molecule has 124 valence electrons. The molecule has 0 aliphatic rings. The quantitative estimate of drug-likeness (QED) is 0.638. The van der Waals surface area contributed by atoms with Crippen LogP contribution in [0, 0.1) is 0 Å². The van der Waals surface area contributed by atoms with E-state index in [9.17, 15) is 4.79 Å². The van der Waals surface area contributed by atoms with E-state index in [0.717, 1.165) is 10.2 Å². The molecule has 0 saturated heterocycles. The number of nitrogens with zero attached hydrogens (tertiary/aromatic N) is 2. The molecule has 2 aromatic carbocycles. The summed E-state index contributed by atoms with van der Waals surface area (Å²) in [5.74, 6) is -0.0219. The molecule has 8 heteroatoms. The predicted molar refractivity (Wildman–Crippen MR) is 98.3 cm³/mol. The van der Waals surface area contributed by atoms with Crippen LogP contribution in [0.5, 0.6) is 5.75 Å². The average molecular weight is 402 g/mol. The summed E-state index contributed by atoms with van der Waals surface area (Å²) in [5.41, 5.74) is 0.956. The van der Waals surface area contributed by atoms with Gasteiger partial charge in [-0.15, -0.1) is 0 Å². The molecule has 0 unspecified atom stereocenters. The van der Waals surface area contributed by atoms with Crippen molar-refractivity contribution in [1.29, 1.82) is 0 Å². The van der Waals surface area contributed by atoms with E-state index in [2.05, 4.69) is 4.99 Å². The minimum atomic E-state index is -0.408. The molecule has 1 aromatic heterocycles. The van der Waals surface area contributed by atoms with Gasteiger partial charge < -0.3 is 9.30 Å². The van der Waals surface area contributed by atoms with Gasteiger partial charge in [-0.25, -0.2) is 0 Å². The number of benzene rings is 2. The Morgan fingerprint density at radius 1 is 1.17 bits per heavy atom. The van der Waals surface area contributed by atoms with Crippen LogP contribution in [-0.2, 0) is 11.8 Å². The van der Waals surface area contributed by atoms with E-state index in [1.54, 1.807) is 24.3 Å². The van der Waals surface area contributed by atoms with E-state index in [1.807, 2.05) is 23.7 Å². The summed E-state index contributed by atoms with van der Waals surface area (Å²) in [6.07, 6.45) is 0. The highest BCUT2D eigenvalue weighted by molar-refractivity contribution is 7.16. The Bertz CT molecular complexity index is 995. The Kier molecular flexibility index (Phi) is 5.15. The maximum Gasteiger partial charge on any atom is 0.286 e. The fraction of sp³-hybridized carbons (Fsp3) is 0.125. The second-order valence-electron chi connectivity index (χ2n) is 4.92. The molecular formula is C16H11Cl3N2O2S. The van der Waals surface area contributed by atoms with Crippen molar-refractivity contribution in [1.82, 2.24) is 4.57 Å². The summed E-state index contributed by atoms with van der Waals surface area (Å²) < 4.78 is 8.19. The van der Waals surface area contributed by atoms with E-state index in [1.165, 1.54) is 11.3 Å².